The van der Waals surface area contributed by atoms with Crippen LogP contribution in [0.1, 0.15) is 22.6 Å². The number of nitrogens with zero attached hydrogens (tertiary/aromatic N) is 1. The summed E-state index contributed by atoms with van der Waals surface area (Å²) in [7, 11) is 1.98. The maximum atomic E-state index is 13.0. The number of carbonyl (C=O) groups excluding carboxylic acids is 1. The van der Waals surface area contributed by atoms with E-state index in [1.54, 1.807) is 0 Å². The van der Waals surface area contributed by atoms with Crippen molar-refractivity contribution in [1.29, 1.82) is 0 Å². The third-order valence-electron chi connectivity index (χ3n) is 7.60. The number of carboxylic acids is 1. The third kappa shape index (κ3) is 4.44. The second-order valence-corrected chi connectivity index (χ2v) is 9.83. The molecule has 0 saturated carbocycles. The quantitative estimate of drug-likeness (QED) is 0.263. The van der Waals surface area contributed by atoms with Gasteiger partial charge in [-0.1, -0.05) is 97.1 Å². The molecular formula is C33H28N2O4. The number of aliphatic carboxylic acids is 1. The van der Waals surface area contributed by atoms with Crippen molar-refractivity contribution in [3.05, 3.63) is 120 Å². The van der Waals surface area contributed by atoms with E-state index in [2.05, 4.69) is 22.0 Å². The molecule has 1 aromatic heterocycles. The first kappa shape index (κ1) is 24.5. The Labute approximate surface area is 226 Å². The molecule has 6 rings (SSSR count). The smallest absolute Gasteiger partial charge is 0.407 e. The average Bonchev–Trinajstić information content (AvgIpc) is 3.43. The summed E-state index contributed by atoms with van der Waals surface area (Å²) in [6.07, 6.45) is -0.628. The summed E-state index contributed by atoms with van der Waals surface area (Å²) in [5, 5.41) is 13.7. The monoisotopic (exact) mass is 516 g/mol. The SMILES string of the molecule is Cn1c(-c2ccccc2)c(CC(NC(=O)OCC2c3ccccc3-c3ccccc32)C(=O)O)c2ccccc21. The lowest BCUT2D eigenvalue weighted by Crippen LogP contribution is -2.43. The summed E-state index contributed by atoms with van der Waals surface area (Å²) in [5.41, 5.74) is 8.25. The number of carbonyl (C=O) groups is 2. The van der Waals surface area contributed by atoms with E-state index < -0.39 is 18.1 Å². The van der Waals surface area contributed by atoms with Crippen molar-refractivity contribution < 1.29 is 19.4 Å². The number of aromatic nitrogens is 1. The molecule has 1 unspecified atom stereocenters. The lowest BCUT2D eigenvalue weighted by Gasteiger charge is -2.18. The fraction of sp³-hybridized carbons (Fsp3) is 0.152. The summed E-state index contributed by atoms with van der Waals surface area (Å²) < 4.78 is 7.72. The second kappa shape index (κ2) is 10.1. The van der Waals surface area contributed by atoms with Crippen LogP contribution in [0, 0.1) is 0 Å². The molecule has 0 aliphatic heterocycles. The molecule has 39 heavy (non-hydrogen) atoms. The minimum atomic E-state index is -1.16. The largest absolute Gasteiger partial charge is 0.480 e. The van der Waals surface area contributed by atoms with Crippen LogP contribution >= 0.6 is 0 Å². The van der Waals surface area contributed by atoms with Gasteiger partial charge in [-0.2, -0.15) is 0 Å². The molecule has 0 spiro atoms. The molecule has 5 aromatic rings. The first-order chi connectivity index (χ1) is 19.0. The Morgan fingerprint density at radius 3 is 2.10 bits per heavy atom. The van der Waals surface area contributed by atoms with Crippen LogP contribution in [0.2, 0.25) is 0 Å². The Kier molecular flexibility index (Phi) is 6.37. The first-order valence-corrected chi connectivity index (χ1v) is 13.0. The molecule has 0 saturated heterocycles. The number of benzene rings is 4. The van der Waals surface area contributed by atoms with E-state index in [-0.39, 0.29) is 18.9 Å². The maximum absolute atomic E-state index is 13.0. The van der Waals surface area contributed by atoms with Gasteiger partial charge in [0.2, 0.25) is 0 Å². The Balaban J connectivity index is 1.24. The highest BCUT2D eigenvalue weighted by Gasteiger charge is 2.30. The molecule has 0 fully saturated rings. The fourth-order valence-electron chi connectivity index (χ4n) is 5.83. The van der Waals surface area contributed by atoms with E-state index >= 15 is 0 Å². The van der Waals surface area contributed by atoms with E-state index in [4.69, 9.17) is 4.74 Å². The van der Waals surface area contributed by atoms with Gasteiger partial charge in [0.05, 0.1) is 5.69 Å². The van der Waals surface area contributed by atoms with Crippen LogP contribution in [0.5, 0.6) is 0 Å². The van der Waals surface area contributed by atoms with Gasteiger partial charge < -0.3 is 19.7 Å². The molecule has 6 heteroatoms. The molecule has 1 aliphatic carbocycles. The molecule has 1 atom stereocenters. The summed E-state index contributed by atoms with van der Waals surface area (Å²) in [6, 6.07) is 32.8. The lowest BCUT2D eigenvalue weighted by atomic mass is 9.98. The number of fused-ring (bicyclic) bond motifs is 4. The summed E-state index contributed by atoms with van der Waals surface area (Å²) in [5.74, 6) is -1.22. The zero-order valence-electron chi connectivity index (χ0n) is 21.5. The number of alkyl carbamates (subject to hydrolysis) is 1. The zero-order valence-corrected chi connectivity index (χ0v) is 21.5. The highest BCUT2D eigenvalue weighted by molar-refractivity contribution is 5.93. The summed E-state index contributed by atoms with van der Waals surface area (Å²) >= 11 is 0. The number of aryl methyl sites for hydroxylation is 1. The van der Waals surface area contributed by atoms with E-state index in [9.17, 15) is 14.7 Å². The van der Waals surface area contributed by atoms with Crippen LogP contribution < -0.4 is 5.32 Å². The van der Waals surface area contributed by atoms with Gasteiger partial charge in [0.15, 0.2) is 0 Å². The van der Waals surface area contributed by atoms with Gasteiger partial charge in [-0.25, -0.2) is 9.59 Å². The summed E-state index contributed by atoms with van der Waals surface area (Å²) in [6.45, 7) is 0.121. The van der Waals surface area contributed by atoms with Crippen molar-refractivity contribution in [2.24, 2.45) is 7.05 Å². The topological polar surface area (TPSA) is 80.6 Å². The number of carboxylic acid groups (broad SMARTS) is 1. The second-order valence-electron chi connectivity index (χ2n) is 9.83. The van der Waals surface area contributed by atoms with Gasteiger partial charge >= 0.3 is 12.1 Å². The fourth-order valence-corrected chi connectivity index (χ4v) is 5.83. The predicted molar refractivity (Wildman–Crippen MR) is 152 cm³/mol. The number of hydrogen-bond donors (Lipinski definition) is 2. The van der Waals surface area contributed by atoms with Crippen LogP contribution in [0.3, 0.4) is 0 Å². The van der Waals surface area contributed by atoms with Gasteiger partial charge in [-0.05, 0) is 39.4 Å². The Bertz CT molecular complexity index is 1640. The van der Waals surface area contributed by atoms with Crippen LogP contribution in [-0.2, 0) is 23.0 Å². The average molecular weight is 517 g/mol. The molecule has 6 nitrogen and oxygen atoms in total. The molecule has 4 aromatic carbocycles. The van der Waals surface area contributed by atoms with E-state index in [1.165, 1.54) is 0 Å². The van der Waals surface area contributed by atoms with Crippen molar-refractivity contribution in [3.63, 3.8) is 0 Å². The maximum Gasteiger partial charge on any atom is 0.407 e. The molecule has 194 valence electrons. The van der Waals surface area contributed by atoms with E-state index in [1.807, 2.05) is 98.0 Å². The Morgan fingerprint density at radius 1 is 0.846 bits per heavy atom. The highest BCUT2D eigenvalue weighted by Crippen LogP contribution is 2.44. The van der Waals surface area contributed by atoms with Crippen LogP contribution in [0.25, 0.3) is 33.3 Å². The zero-order chi connectivity index (χ0) is 26.9. The van der Waals surface area contributed by atoms with Gasteiger partial charge in [0.25, 0.3) is 0 Å². The number of hydrogen-bond acceptors (Lipinski definition) is 3. The number of rotatable bonds is 7. The van der Waals surface area contributed by atoms with Crippen molar-refractivity contribution >= 4 is 23.0 Å². The van der Waals surface area contributed by atoms with Crippen LogP contribution in [0.4, 0.5) is 4.79 Å². The minimum absolute atomic E-state index is 0.103. The third-order valence-corrected chi connectivity index (χ3v) is 7.60. The summed E-state index contributed by atoms with van der Waals surface area (Å²) in [4.78, 5) is 25.3. The molecule has 0 radical (unpaired) electrons. The van der Waals surface area contributed by atoms with Crippen LogP contribution in [0.15, 0.2) is 103 Å². The standard InChI is InChI=1S/C33H28N2O4/c1-35-30-18-10-9-17-26(30)27(31(35)21-11-3-2-4-12-21)19-29(32(36)37)34-33(38)39-20-28-24-15-7-5-13-22(24)23-14-6-8-16-25(23)28/h2-18,28-29H,19-20H2,1H3,(H,34,38)(H,36,37). The van der Waals surface area contributed by atoms with Gasteiger partial charge in [-0.3, -0.25) is 0 Å². The van der Waals surface area contributed by atoms with Crippen molar-refractivity contribution in [1.82, 2.24) is 9.88 Å². The molecule has 1 aliphatic rings. The van der Waals surface area contributed by atoms with Gasteiger partial charge in [-0.15, -0.1) is 0 Å². The number of ether oxygens (including phenoxy) is 1. The number of para-hydroxylation sites is 1. The molecule has 0 bridgehead atoms. The van der Waals surface area contributed by atoms with E-state index in [0.29, 0.717) is 0 Å². The minimum Gasteiger partial charge on any atom is -0.480 e. The van der Waals surface area contributed by atoms with Crippen molar-refractivity contribution in [3.8, 4) is 22.4 Å². The number of nitrogens with one attached hydrogen (secondary N) is 1. The molecular weight excluding hydrogens is 488 g/mol. The molecule has 2 N–H and O–H groups in total. The predicted octanol–water partition coefficient (Wildman–Crippen LogP) is 6.38. The Hall–Kier alpha value is -4.84. The Morgan fingerprint density at radius 2 is 1.44 bits per heavy atom. The van der Waals surface area contributed by atoms with Gasteiger partial charge in [0, 0.05) is 30.3 Å². The van der Waals surface area contributed by atoms with Crippen LogP contribution in [-0.4, -0.2) is 34.4 Å². The van der Waals surface area contributed by atoms with E-state index in [0.717, 1.165) is 50.0 Å². The van der Waals surface area contributed by atoms with Crippen molar-refractivity contribution in [2.75, 3.05) is 6.61 Å². The van der Waals surface area contributed by atoms with Gasteiger partial charge in [0.1, 0.15) is 12.6 Å². The lowest BCUT2D eigenvalue weighted by molar-refractivity contribution is -0.139. The van der Waals surface area contributed by atoms with Crippen molar-refractivity contribution in [2.45, 2.75) is 18.4 Å². The normalized spacial score (nSPS) is 13.1. The number of amides is 1. The highest BCUT2D eigenvalue weighted by atomic mass is 16.5. The molecule has 1 heterocycles. The molecule has 1 amide bonds. The first-order valence-electron chi connectivity index (χ1n) is 13.0.